The monoisotopic (exact) mass is 1340 g/mol. The molecule has 0 saturated heterocycles. The number of methoxy groups -OCH3 is 8. The maximum Gasteiger partial charge on any atom is 0.121 e. The van der Waals surface area contributed by atoms with Gasteiger partial charge >= 0.3 is 0 Å². The maximum atomic E-state index is 6.03. The van der Waals surface area contributed by atoms with Crippen LogP contribution in [0.15, 0.2) is 224 Å². The average Bonchev–Trinajstić information content (AvgIpc) is 1.51. The Morgan fingerprint density at radius 1 is 0.347 bits per heavy atom. The normalized spacial score (nSPS) is 15.6. The van der Waals surface area contributed by atoms with Crippen LogP contribution in [0.1, 0.15) is 75.0 Å². The van der Waals surface area contributed by atoms with E-state index in [4.69, 9.17) is 37.9 Å². The predicted molar refractivity (Wildman–Crippen MR) is 414 cm³/mol. The van der Waals surface area contributed by atoms with Crippen LogP contribution in [0.5, 0.6) is 40.2 Å². The summed E-state index contributed by atoms with van der Waals surface area (Å²) >= 11 is 0. The van der Waals surface area contributed by atoms with Gasteiger partial charge in [-0.05, 0) is 309 Å². The zero-order chi connectivity index (χ0) is 71.1. The highest BCUT2D eigenvalue weighted by Gasteiger charge is 2.52. The summed E-state index contributed by atoms with van der Waals surface area (Å²) in [6.07, 6.45) is 11.3. The van der Waals surface area contributed by atoms with Gasteiger partial charge in [-0.15, -0.1) is 0 Å². The van der Waals surface area contributed by atoms with Gasteiger partial charge in [0.15, 0.2) is 0 Å². The molecule has 0 fully saturated rings. The zero-order valence-corrected chi connectivity index (χ0v) is 61.1. The molecule has 0 aliphatic heterocycles. The lowest BCUT2D eigenvalue weighted by atomic mass is 9.69. The molecular formula is C89H90N4O8. The van der Waals surface area contributed by atoms with E-state index in [1.165, 1.54) is 5.57 Å². The lowest BCUT2D eigenvalue weighted by Crippen LogP contribution is -2.28. The number of hydrogen-bond acceptors (Lipinski definition) is 12. The molecular weight excluding hydrogens is 1250 g/mol. The van der Waals surface area contributed by atoms with Gasteiger partial charge in [0, 0.05) is 82.1 Å². The van der Waals surface area contributed by atoms with Crippen LogP contribution >= 0.6 is 0 Å². The summed E-state index contributed by atoms with van der Waals surface area (Å²) in [6.45, 7) is 19.9. The molecule has 10 aromatic carbocycles. The van der Waals surface area contributed by atoms with Gasteiger partial charge in [0.25, 0.3) is 0 Å². The molecule has 3 aliphatic carbocycles. The van der Waals surface area contributed by atoms with E-state index in [1.807, 2.05) is 0 Å². The molecule has 3 atom stereocenters. The highest BCUT2D eigenvalue weighted by Crippen LogP contribution is 2.64. The molecule has 10 aromatic rings. The van der Waals surface area contributed by atoms with Gasteiger partial charge in [0.2, 0.25) is 0 Å². The second-order valence-electron chi connectivity index (χ2n) is 26.6. The molecule has 13 rings (SSSR count). The largest absolute Gasteiger partial charge is 0.496 e. The SMILES string of the molecule is COc1ccc(N(C/C=C\C2=C(C)C3(c4cc(N(c5ccc(OC)c(C)c5)c5ccc(OC)c(C)c5)ccc42)c2cc(N(C4=CC(C)C(OC)C=C4)c4ccc(OC)c(C)c4)ccc2-c2ccc(N(c4ccc(OC)c(C)c4)c4ccc(OC)c(C)c4)cc23)c2ccc(OC)c(C)c2)cc1C. The molecule has 0 N–H and O–H groups in total. The van der Waals surface area contributed by atoms with Gasteiger partial charge in [0.1, 0.15) is 40.2 Å². The van der Waals surface area contributed by atoms with E-state index in [1.54, 1.807) is 56.9 Å². The summed E-state index contributed by atoms with van der Waals surface area (Å²) in [5, 5.41) is 0. The number of hydrogen-bond donors (Lipinski definition) is 0. The van der Waals surface area contributed by atoms with Gasteiger partial charge in [-0.25, -0.2) is 0 Å². The quantitative estimate of drug-likeness (QED) is 0.0648. The Morgan fingerprint density at radius 2 is 0.634 bits per heavy atom. The van der Waals surface area contributed by atoms with E-state index in [9.17, 15) is 0 Å². The topological polar surface area (TPSA) is 86.8 Å². The number of aryl methyl sites for hydroxylation is 7. The Labute approximate surface area is 596 Å². The van der Waals surface area contributed by atoms with Crippen molar-refractivity contribution < 1.29 is 37.9 Å². The average molecular weight is 1340 g/mol. The predicted octanol–water partition coefficient (Wildman–Crippen LogP) is 21.6. The molecule has 0 bridgehead atoms. The van der Waals surface area contributed by atoms with Crippen molar-refractivity contribution in [1.29, 1.82) is 0 Å². The van der Waals surface area contributed by atoms with Crippen molar-refractivity contribution in [3.8, 4) is 51.4 Å². The first-order valence-corrected chi connectivity index (χ1v) is 34.4. The van der Waals surface area contributed by atoms with Crippen LogP contribution in [-0.4, -0.2) is 69.5 Å². The van der Waals surface area contributed by atoms with Crippen molar-refractivity contribution in [2.24, 2.45) is 5.92 Å². The van der Waals surface area contributed by atoms with Gasteiger partial charge in [0.05, 0.1) is 61.3 Å². The number of benzene rings is 10. The van der Waals surface area contributed by atoms with Crippen LogP contribution in [0.2, 0.25) is 0 Å². The Balaban J connectivity index is 1.12. The number of rotatable bonds is 22. The minimum absolute atomic E-state index is 0.0761. The molecule has 3 aliphatic rings. The minimum atomic E-state index is -0.928. The fourth-order valence-electron chi connectivity index (χ4n) is 15.6. The third-order valence-corrected chi connectivity index (χ3v) is 20.6. The van der Waals surface area contributed by atoms with Crippen LogP contribution < -0.4 is 52.8 Å². The highest BCUT2D eigenvalue weighted by molar-refractivity contribution is 6.00. The van der Waals surface area contributed by atoms with Gasteiger partial charge < -0.3 is 57.5 Å². The van der Waals surface area contributed by atoms with E-state index in [0.717, 1.165) is 181 Å². The molecule has 0 saturated carbocycles. The standard InChI is InChI=1S/C89H90N4O8/c1-54-43-63(23-34-81(54)94-10)90(64-24-35-82(95-11)55(2)44-64)42-18-19-74-62(9)89(78-51-71(20-31-75(74)78)91(65-25-36-83(96-12)56(3)45-65)66-26-37-84(97-13)57(4)46-66)79-52-72(92(67-27-38-85(98-14)58(5)47-67)68-28-39-86(99-15)59(6)48-68)21-32-76(79)77-33-22-73(53-80(77)89)93(69-29-40-87(100-16)60(7)49-69)70-30-41-88(101-17)61(8)50-70/h18-41,43-53,58,85H,42H2,1-17H3/b19-18-. The zero-order valence-electron chi connectivity index (χ0n) is 61.1. The summed E-state index contributed by atoms with van der Waals surface area (Å²) in [4.78, 5) is 9.50. The Bertz CT molecular complexity index is 4820. The fraction of sp³-hybridized carbons (Fsp3) is 0.236. The van der Waals surface area contributed by atoms with Gasteiger partial charge in [-0.3, -0.25) is 0 Å². The summed E-state index contributed by atoms with van der Waals surface area (Å²) in [6, 6.07) is 66.4. The van der Waals surface area contributed by atoms with Crippen LogP contribution in [0.4, 0.5) is 56.9 Å². The number of fused-ring (bicyclic) bond motifs is 7. The molecule has 12 heteroatoms. The van der Waals surface area contributed by atoms with Crippen LogP contribution in [0.25, 0.3) is 16.7 Å². The number of allylic oxidation sites excluding steroid dienone is 4. The first kappa shape index (κ1) is 68.4. The molecule has 0 heterocycles. The fourth-order valence-corrected chi connectivity index (χ4v) is 15.6. The van der Waals surface area contributed by atoms with Crippen molar-refractivity contribution in [3.05, 3.63) is 285 Å². The second-order valence-corrected chi connectivity index (χ2v) is 26.6. The third-order valence-electron chi connectivity index (χ3n) is 20.6. The molecule has 1 spiro atoms. The van der Waals surface area contributed by atoms with Crippen LogP contribution in [0.3, 0.4) is 0 Å². The molecule has 514 valence electrons. The van der Waals surface area contributed by atoms with Crippen LogP contribution in [-0.2, 0) is 10.2 Å². The minimum Gasteiger partial charge on any atom is -0.496 e. The molecule has 3 unspecified atom stereocenters. The van der Waals surface area contributed by atoms with Crippen molar-refractivity contribution in [2.45, 2.75) is 73.8 Å². The maximum absolute atomic E-state index is 6.03. The number of ether oxygens (including phenoxy) is 8. The van der Waals surface area contributed by atoms with Gasteiger partial charge in [-0.1, -0.05) is 49.4 Å². The van der Waals surface area contributed by atoms with Crippen LogP contribution in [0, 0.1) is 54.4 Å². The lowest BCUT2D eigenvalue weighted by Gasteiger charge is -2.35. The third kappa shape index (κ3) is 12.3. The van der Waals surface area contributed by atoms with E-state index >= 15 is 0 Å². The molecule has 0 amide bonds. The number of nitrogens with zero attached hydrogens (tertiary/aromatic N) is 4. The van der Waals surface area contributed by atoms with Crippen molar-refractivity contribution in [3.63, 3.8) is 0 Å². The molecule has 0 radical (unpaired) electrons. The van der Waals surface area contributed by atoms with Crippen molar-refractivity contribution >= 4 is 62.4 Å². The summed E-state index contributed by atoms with van der Waals surface area (Å²) in [5.41, 5.74) is 26.4. The first-order chi connectivity index (χ1) is 48.9. The van der Waals surface area contributed by atoms with E-state index in [0.29, 0.717) is 6.54 Å². The number of anilines is 10. The molecule has 0 aromatic heterocycles. The Morgan fingerprint density at radius 3 is 0.960 bits per heavy atom. The molecule has 12 nitrogen and oxygen atoms in total. The highest BCUT2D eigenvalue weighted by atomic mass is 16.5. The summed E-state index contributed by atoms with van der Waals surface area (Å²) in [7, 11) is 13.9. The first-order valence-electron chi connectivity index (χ1n) is 34.4. The summed E-state index contributed by atoms with van der Waals surface area (Å²) in [5.74, 6) is 5.83. The van der Waals surface area contributed by atoms with E-state index in [2.05, 4.69) is 294 Å². The second kappa shape index (κ2) is 28.3. The molecule has 101 heavy (non-hydrogen) atoms. The lowest BCUT2D eigenvalue weighted by molar-refractivity contribution is 0.111. The Kier molecular flexibility index (Phi) is 19.2. The smallest absolute Gasteiger partial charge is 0.121 e. The van der Waals surface area contributed by atoms with Crippen molar-refractivity contribution in [1.82, 2.24) is 0 Å². The van der Waals surface area contributed by atoms with Crippen molar-refractivity contribution in [2.75, 3.05) is 83.0 Å². The Hall–Kier alpha value is -11.1. The van der Waals surface area contributed by atoms with E-state index in [-0.39, 0.29) is 12.0 Å². The van der Waals surface area contributed by atoms with Gasteiger partial charge in [-0.2, -0.15) is 0 Å². The van der Waals surface area contributed by atoms with E-state index < -0.39 is 5.41 Å². The summed E-state index contributed by atoms with van der Waals surface area (Å²) < 4.78 is 47.3.